The Bertz CT molecular complexity index is 1680. The number of nitrogens with one attached hydrogen (secondary N) is 2. The predicted octanol–water partition coefficient (Wildman–Crippen LogP) is 8.01. The second-order valence-corrected chi connectivity index (χ2v) is 13.1. The maximum absolute atomic E-state index is 13.5. The van der Waals surface area contributed by atoms with Crippen LogP contribution in [0, 0.1) is 12.8 Å². The summed E-state index contributed by atoms with van der Waals surface area (Å²) in [5.41, 5.74) is 5.16. The van der Waals surface area contributed by atoms with Crippen molar-refractivity contribution >= 4 is 23.4 Å². The number of hydrogen-bond donors (Lipinski definition) is 2. The fourth-order valence-corrected chi connectivity index (χ4v) is 5.86. The maximum Gasteiger partial charge on any atom is 0.324 e. The van der Waals surface area contributed by atoms with Crippen LogP contribution in [0.1, 0.15) is 74.6 Å². The minimum absolute atomic E-state index is 0.0241. The van der Waals surface area contributed by atoms with Gasteiger partial charge in [-0.1, -0.05) is 56.7 Å². The number of urea groups is 1. The molecule has 4 aromatic rings. The molecule has 9 nitrogen and oxygen atoms in total. The van der Waals surface area contributed by atoms with Crippen molar-refractivity contribution in [2.45, 2.75) is 66.2 Å². The minimum atomic E-state index is -0.331. The highest BCUT2D eigenvalue weighted by Crippen LogP contribution is 2.34. The first-order valence-corrected chi connectivity index (χ1v) is 16.6. The van der Waals surface area contributed by atoms with E-state index in [9.17, 15) is 9.59 Å². The number of likely N-dealkylation sites (tertiary alicyclic amines) is 1. The molecule has 2 heterocycles. The van der Waals surface area contributed by atoms with Crippen LogP contribution >= 0.6 is 0 Å². The van der Waals surface area contributed by atoms with Gasteiger partial charge in [0.2, 0.25) is 0 Å². The lowest BCUT2D eigenvalue weighted by Gasteiger charge is -2.32. The molecule has 1 aromatic heterocycles. The number of nitrogens with zero attached hydrogens (tertiary/aromatic N) is 3. The summed E-state index contributed by atoms with van der Waals surface area (Å²) in [4.78, 5) is 28.6. The predicted molar refractivity (Wildman–Crippen MR) is 187 cm³/mol. The Hall–Kier alpha value is -4.79. The monoisotopic (exact) mass is 637 g/mol. The van der Waals surface area contributed by atoms with Gasteiger partial charge in [-0.25, -0.2) is 9.48 Å². The first kappa shape index (κ1) is 33.6. The lowest BCUT2D eigenvalue weighted by molar-refractivity contribution is 0.0685. The molecule has 248 valence electrons. The van der Waals surface area contributed by atoms with Crippen LogP contribution in [0.5, 0.6) is 11.5 Å². The molecule has 47 heavy (non-hydrogen) atoms. The van der Waals surface area contributed by atoms with Gasteiger partial charge in [0.25, 0.3) is 5.91 Å². The number of piperidine rings is 1. The number of amides is 3. The van der Waals surface area contributed by atoms with Crippen molar-refractivity contribution in [1.29, 1.82) is 0 Å². The highest BCUT2D eigenvalue weighted by Gasteiger charge is 2.27. The SMILES string of the molecule is CCOc1cccc(C(=O)N2CCC(Cc3cccc(NC(=O)Nc4cc(C(C)(C)C)nn4-c4ccc(C)cc4)c3)CC2)c1OCC. The van der Waals surface area contributed by atoms with Crippen molar-refractivity contribution in [3.8, 4) is 17.2 Å². The lowest BCUT2D eigenvalue weighted by atomic mass is 9.89. The molecule has 0 bridgehead atoms. The average Bonchev–Trinajstić information content (AvgIpc) is 3.47. The molecule has 3 amide bonds. The third-order valence-electron chi connectivity index (χ3n) is 8.41. The summed E-state index contributed by atoms with van der Waals surface area (Å²) in [6.07, 6.45) is 2.68. The summed E-state index contributed by atoms with van der Waals surface area (Å²) >= 11 is 0. The van der Waals surface area contributed by atoms with Crippen LogP contribution < -0.4 is 20.1 Å². The summed E-state index contributed by atoms with van der Waals surface area (Å²) in [7, 11) is 0. The topological polar surface area (TPSA) is 97.7 Å². The summed E-state index contributed by atoms with van der Waals surface area (Å²) < 4.78 is 13.3. The largest absolute Gasteiger partial charge is 0.490 e. The van der Waals surface area contributed by atoms with E-state index in [2.05, 4.69) is 37.5 Å². The van der Waals surface area contributed by atoms with Crippen molar-refractivity contribution in [1.82, 2.24) is 14.7 Å². The van der Waals surface area contributed by atoms with E-state index in [-0.39, 0.29) is 17.4 Å². The van der Waals surface area contributed by atoms with Gasteiger partial charge in [0.05, 0.1) is 30.2 Å². The number of ether oxygens (including phenoxy) is 2. The van der Waals surface area contributed by atoms with Gasteiger partial charge in [0, 0.05) is 30.3 Å². The molecule has 1 aliphatic rings. The molecule has 0 aliphatic carbocycles. The molecule has 5 rings (SSSR count). The Morgan fingerprint density at radius 1 is 0.894 bits per heavy atom. The molecule has 9 heteroatoms. The number of anilines is 2. The number of aromatic nitrogens is 2. The summed E-state index contributed by atoms with van der Waals surface area (Å²) in [5, 5.41) is 10.8. The zero-order valence-electron chi connectivity index (χ0n) is 28.4. The molecule has 0 saturated carbocycles. The molecule has 0 atom stereocenters. The van der Waals surface area contributed by atoms with E-state index in [0.29, 0.717) is 55.1 Å². The van der Waals surface area contributed by atoms with E-state index < -0.39 is 0 Å². The Balaban J connectivity index is 1.20. The quantitative estimate of drug-likeness (QED) is 0.184. The van der Waals surface area contributed by atoms with Crippen molar-refractivity contribution < 1.29 is 19.1 Å². The van der Waals surface area contributed by atoms with E-state index in [0.717, 1.165) is 47.5 Å². The van der Waals surface area contributed by atoms with Crippen molar-refractivity contribution in [3.05, 3.63) is 95.2 Å². The molecule has 3 aromatic carbocycles. The van der Waals surface area contributed by atoms with Crippen molar-refractivity contribution in [2.75, 3.05) is 36.9 Å². The first-order chi connectivity index (χ1) is 22.5. The van der Waals surface area contributed by atoms with Gasteiger partial charge in [0.15, 0.2) is 11.5 Å². The smallest absolute Gasteiger partial charge is 0.324 e. The fraction of sp³-hybridized carbons (Fsp3) is 0.395. The maximum atomic E-state index is 13.5. The molecule has 0 unspecified atom stereocenters. The van der Waals surface area contributed by atoms with E-state index >= 15 is 0 Å². The van der Waals surface area contributed by atoms with E-state index in [4.69, 9.17) is 14.6 Å². The Labute approximate surface area is 278 Å². The molecule has 0 spiro atoms. The van der Waals surface area contributed by atoms with Gasteiger partial charge < -0.3 is 19.7 Å². The number of carbonyl (C=O) groups is 2. The number of hydrogen-bond acceptors (Lipinski definition) is 5. The van der Waals surface area contributed by atoms with Gasteiger partial charge >= 0.3 is 6.03 Å². The highest BCUT2D eigenvalue weighted by atomic mass is 16.5. The number of aryl methyl sites for hydroxylation is 1. The average molecular weight is 638 g/mol. The standard InChI is InChI=1S/C38H47N5O4/c1-7-46-32-14-10-13-31(35(32)47-8-2)36(44)42-21-19-27(20-22-42)23-28-11-9-12-29(24-28)39-37(45)40-34-25-33(38(4,5)6)41-43(34)30-17-15-26(3)16-18-30/h9-18,24-25,27H,7-8,19-23H2,1-6H3,(H2,39,40,45). The Kier molecular flexibility index (Phi) is 10.5. The third-order valence-corrected chi connectivity index (χ3v) is 8.41. The van der Waals surface area contributed by atoms with Gasteiger partial charge in [-0.05, 0) is 87.9 Å². The number of benzene rings is 3. The normalized spacial score (nSPS) is 13.7. The van der Waals surface area contributed by atoms with E-state index in [1.165, 1.54) is 0 Å². The number of carbonyl (C=O) groups excluding carboxylic acids is 2. The summed E-state index contributed by atoms with van der Waals surface area (Å²) in [6, 6.07) is 23.2. The second kappa shape index (κ2) is 14.8. The van der Waals surface area contributed by atoms with Crippen LogP contribution in [0.25, 0.3) is 5.69 Å². The van der Waals surface area contributed by atoms with Crippen LogP contribution in [0.15, 0.2) is 72.8 Å². The van der Waals surface area contributed by atoms with E-state index in [1.807, 2.05) is 92.4 Å². The molecule has 1 fully saturated rings. The van der Waals surface area contributed by atoms with Gasteiger partial charge in [0.1, 0.15) is 5.82 Å². The van der Waals surface area contributed by atoms with Gasteiger partial charge in [-0.3, -0.25) is 10.1 Å². The molecular formula is C38H47N5O4. The third kappa shape index (κ3) is 8.33. The molecule has 2 N–H and O–H groups in total. The van der Waals surface area contributed by atoms with Crippen LogP contribution in [-0.4, -0.2) is 52.9 Å². The van der Waals surface area contributed by atoms with Crippen molar-refractivity contribution in [3.63, 3.8) is 0 Å². The van der Waals surface area contributed by atoms with Gasteiger partial charge in [-0.2, -0.15) is 5.10 Å². The molecule has 1 aliphatic heterocycles. The number of para-hydroxylation sites is 1. The Morgan fingerprint density at radius 3 is 2.28 bits per heavy atom. The highest BCUT2D eigenvalue weighted by molar-refractivity contribution is 5.99. The summed E-state index contributed by atoms with van der Waals surface area (Å²) in [5.74, 6) is 2.13. The van der Waals surface area contributed by atoms with Crippen LogP contribution in [-0.2, 0) is 11.8 Å². The van der Waals surface area contributed by atoms with Crippen molar-refractivity contribution in [2.24, 2.45) is 5.92 Å². The van der Waals surface area contributed by atoms with Crippen LogP contribution in [0.3, 0.4) is 0 Å². The molecule has 0 radical (unpaired) electrons. The fourth-order valence-electron chi connectivity index (χ4n) is 5.86. The molecule has 1 saturated heterocycles. The van der Waals surface area contributed by atoms with Crippen LogP contribution in [0.4, 0.5) is 16.3 Å². The molecular weight excluding hydrogens is 590 g/mol. The van der Waals surface area contributed by atoms with Gasteiger partial charge in [-0.15, -0.1) is 0 Å². The van der Waals surface area contributed by atoms with Crippen LogP contribution in [0.2, 0.25) is 0 Å². The van der Waals surface area contributed by atoms with E-state index in [1.54, 1.807) is 4.68 Å². The minimum Gasteiger partial charge on any atom is -0.490 e. The summed E-state index contributed by atoms with van der Waals surface area (Å²) in [6.45, 7) is 14.5. The second-order valence-electron chi connectivity index (χ2n) is 13.1. The zero-order chi connectivity index (χ0) is 33.6. The lowest BCUT2D eigenvalue weighted by Crippen LogP contribution is -2.39. The zero-order valence-corrected chi connectivity index (χ0v) is 28.4. The number of rotatable bonds is 10. The Morgan fingerprint density at radius 2 is 1.60 bits per heavy atom. The first-order valence-electron chi connectivity index (χ1n) is 16.6.